The average Bonchev–Trinajstić information content (AvgIpc) is 4.03. The van der Waals surface area contributed by atoms with E-state index in [0.717, 1.165) is 46.6 Å². The van der Waals surface area contributed by atoms with Crippen LogP contribution in [0.15, 0.2) is 162 Å². The van der Waals surface area contributed by atoms with E-state index in [1.165, 1.54) is 45.5 Å². The van der Waals surface area contributed by atoms with Crippen molar-refractivity contribution in [2.75, 3.05) is 19.9 Å². The molecule has 0 aromatic heterocycles. The van der Waals surface area contributed by atoms with Crippen molar-refractivity contribution in [3.63, 3.8) is 0 Å². The molecule has 0 spiro atoms. The Morgan fingerprint density at radius 1 is 0.514 bits per heavy atom. The summed E-state index contributed by atoms with van der Waals surface area (Å²) in [6.07, 6.45) is -9.09. The van der Waals surface area contributed by atoms with Gasteiger partial charge in [0.25, 0.3) is 0 Å². The largest absolute Gasteiger partial charge is 0.475 e. The number of hydrogen-bond acceptors (Lipinski definition) is 6. The molecule has 5 nitrogen and oxygen atoms in total. The van der Waals surface area contributed by atoms with E-state index in [0.29, 0.717) is 17.2 Å². The zero-order valence-electron chi connectivity index (χ0n) is 43.1. The van der Waals surface area contributed by atoms with E-state index in [1.807, 2.05) is 52.0 Å². The smallest absolute Gasteiger partial charge is 0.416 e. The maximum Gasteiger partial charge on any atom is 0.416 e. The van der Waals surface area contributed by atoms with Crippen LogP contribution in [-0.4, -0.2) is 48.5 Å². The molecule has 6 aromatic carbocycles. The lowest BCUT2D eigenvalue weighted by atomic mass is 9.88. The number of aryl methyl sites for hydroxylation is 1. The van der Waals surface area contributed by atoms with E-state index in [1.54, 1.807) is 6.66 Å². The van der Waals surface area contributed by atoms with E-state index in [4.69, 9.17) is 14.5 Å². The molecule has 6 aromatic rings. The van der Waals surface area contributed by atoms with E-state index in [-0.39, 0.29) is 53.2 Å². The first-order chi connectivity index (χ1) is 34.1. The molecule has 0 saturated heterocycles. The Kier molecular flexibility index (Phi) is 20.2. The number of benzene rings is 6. The van der Waals surface area contributed by atoms with Crippen LogP contribution in [0.5, 0.6) is 0 Å². The molecule has 0 bridgehead atoms. The minimum Gasteiger partial charge on any atom is -0.475 e. The van der Waals surface area contributed by atoms with Gasteiger partial charge >= 0.3 is 19.4 Å². The predicted octanol–water partition coefficient (Wildman–Crippen LogP) is 15.1. The molecule has 2 unspecified atom stereocenters. The Labute approximate surface area is 442 Å². The fourth-order valence-electron chi connectivity index (χ4n) is 7.75. The molecule has 0 amide bonds. The van der Waals surface area contributed by atoms with Crippen molar-refractivity contribution >= 4 is 77.9 Å². The van der Waals surface area contributed by atoms with Gasteiger partial charge in [0.05, 0.1) is 28.0 Å². The first kappa shape index (κ1) is 60.0. The maximum atomic E-state index is 13.7. The van der Waals surface area contributed by atoms with Crippen molar-refractivity contribution in [3.05, 3.63) is 179 Å². The van der Waals surface area contributed by atoms with Gasteiger partial charge in [-0.05, 0) is 117 Å². The highest BCUT2D eigenvalue weighted by Crippen LogP contribution is 2.44. The molecule has 0 saturated carbocycles. The summed E-state index contributed by atoms with van der Waals surface area (Å²) in [7, 11) is -3.24. The van der Waals surface area contributed by atoms with Gasteiger partial charge in [0, 0.05) is 11.1 Å². The van der Waals surface area contributed by atoms with E-state index >= 15 is 0 Å². The summed E-state index contributed by atoms with van der Waals surface area (Å²) in [5, 5.41) is 5.85. The van der Waals surface area contributed by atoms with Gasteiger partial charge in [-0.1, -0.05) is 180 Å². The van der Waals surface area contributed by atoms with Crippen LogP contribution in [0.4, 0.5) is 26.3 Å². The second kappa shape index (κ2) is 24.9. The lowest BCUT2D eigenvalue weighted by Gasteiger charge is -2.23. The zero-order valence-corrected chi connectivity index (χ0v) is 46.6. The SMILES string of the molecule is C.CC(C)(C)[C@H]1COC(c2ccccc2P(c2ccccc2)c2ccccc2)=N1.C[P+](=O)SC(C)(C)C.Cc1ccc(P(c2ccc(C(F)(F)F)cc2)c2ccc(C(F)(F)F)cc2C2=N[C@@H](C(C)(C)C)CO2)cc1. The van der Waals surface area contributed by atoms with E-state index < -0.39 is 46.3 Å². The molecule has 8 rings (SSSR count). The van der Waals surface area contributed by atoms with Crippen LogP contribution in [0.2, 0.25) is 0 Å². The highest BCUT2D eigenvalue weighted by atomic mass is 32.7. The molecule has 0 N–H and O–H groups in total. The minimum absolute atomic E-state index is 0. The van der Waals surface area contributed by atoms with Crippen molar-refractivity contribution in [1.29, 1.82) is 0 Å². The normalized spacial score (nSPS) is 16.5. The molecular formula is C59H68F6N2O3P3S+. The van der Waals surface area contributed by atoms with Crippen molar-refractivity contribution in [3.8, 4) is 0 Å². The number of ether oxygens (including phenoxy) is 2. The molecule has 15 heteroatoms. The second-order valence-electron chi connectivity index (χ2n) is 20.9. The number of aliphatic imine (C=N–C) groups is 2. The third-order valence-electron chi connectivity index (χ3n) is 11.6. The second-order valence-corrected chi connectivity index (χ2v) is 29.6. The summed E-state index contributed by atoms with van der Waals surface area (Å²) in [6.45, 7) is 23.3. The van der Waals surface area contributed by atoms with Crippen molar-refractivity contribution in [1.82, 2.24) is 0 Å². The lowest BCUT2D eigenvalue weighted by Crippen LogP contribution is -2.27. The number of hydrogen-bond donors (Lipinski definition) is 0. The van der Waals surface area contributed by atoms with Crippen LogP contribution >= 0.6 is 34.2 Å². The van der Waals surface area contributed by atoms with Gasteiger partial charge in [0.2, 0.25) is 11.8 Å². The fraction of sp³-hybridized carbons (Fsp3) is 0.356. The Bertz CT molecular complexity index is 2820. The minimum atomic E-state index is -4.59. The van der Waals surface area contributed by atoms with Gasteiger partial charge in [-0.25, -0.2) is 9.98 Å². The third kappa shape index (κ3) is 16.3. The molecule has 2 aliphatic heterocycles. The summed E-state index contributed by atoms with van der Waals surface area (Å²) < 4.78 is 104. The number of nitrogens with zero attached hydrogens (tertiary/aromatic N) is 2. The highest BCUT2D eigenvalue weighted by molar-refractivity contribution is 8.52. The molecular weight excluding hydrogens is 1020 g/mol. The van der Waals surface area contributed by atoms with Crippen molar-refractivity contribution < 1.29 is 40.4 Å². The first-order valence-corrected chi connectivity index (χ1v) is 29.7. The number of alkyl halides is 6. The third-order valence-corrected chi connectivity index (χ3v) is 19.9. The fourth-order valence-corrected chi connectivity index (χ4v) is 15.6. The summed E-state index contributed by atoms with van der Waals surface area (Å²) in [6, 6.07) is 45.8. The lowest BCUT2D eigenvalue weighted by molar-refractivity contribution is -0.138. The summed E-state index contributed by atoms with van der Waals surface area (Å²) >= 11 is 1.52. The Hall–Kier alpha value is -4.85. The van der Waals surface area contributed by atoms with E-state index in [2.05, 4.69) is 131 Å². The van der Waals surface area contributed by atoms with Crippen molar-refractivity contribution in [2.24, 2.45) is 20.8 Å². The molecule has 394 valence electrons. The standard InChI is InChI=1S/C28H26F6NOP.C25H26NOP.C5H12OPS.CH4/c1-17-5-10-20(11-6-17)37(21-12-7-18(8-13-21)27(29,30)31)23-14-9-19(28(32,33)34)15-22(23)25-35-24(16-36-25)26(2,3)4;1-25(2,3)23-18-27-24(26-23)21-16-10-11-17-22(21)28(19-12-6-4-7-13-19)20-14-8-5-9-15-20;1-5(2,3)8-7(4)6;/h5-15,24H,16H2,1-4H3;4-17,23H,18H2,1-3H3;1-4H3;1H4/q;;+1;/t24-,37?;23-;;/m11../s1. The molecule has 4 atom stereocenters. The van der Waals surface area contributed by atoms with Gasteiger partial charge in [0.15, 0.2) is 0 Å². The average molecular weight is 1090 g/mol. The molecule has 0 radical (unpaired) electrons. The molecule has 0 aliphatic carbocycles. The molecule has 74 heavy (non-hydrogen) atoms. The summed E-state index contributed by atoms with van der Waals surface area (Å²) in [5.41, 5.74) is 0.498. The Morgan fingerprint density at radius 2 is 0.892 bits per heavy atom. The van der Waals surface area contributed by atoms with Crippen LogP contribution in [0.25, 0.3) is 0 Å². The molecule has 0 fully saturated rings. The summed E-state index contributed by atoms with van der Waals surface area (Å²) in [4.78, 5) is 9.60. The summed E-state index contributed by atoms with van der Waals surface area (Å²) in [5.74, 6) is 0.905. The van der Waals surface area contributed by atoms with E-state index in [9.17, 15) is 30.9 Å². The quantitative estimate of drug-likeness (QED) is 0.107. The highest BCUT2D eigenvalue weighted by Gasteiger charge is 2.37. The van der Waals surface area contributed by atoms with Crippen LogP contribution in [-0.2, 0) is 26.4 Å². The number of halogens is 6. The van der Waals surface area contributed by atoms with Gasteiger partial charge in [-0.2, -0.15) is 26.3 Å². The predicted molar refractivity (Wildman–Crippen MR) is 304 cm³/mol. The van der Waals surface area contributed by atoms with Gasteiger partial charge in [-0.15, -0.1) is 0 Å². The van der Waals surface area contributed by atoms with Gasteiger partial charge in [0.1, 0.15) is 31.3 Å². The van der Waals surface area contributed by atoms with Gasteiger partial charge < -0.3 is 9.47 Å². The van der Waals surface area contributed by atoms with Crippen LogP contribution in [0, 0.1) is 17.8 Å². The van der Waals surface area contributed by atoms with Crippen LogP contribution in [0.1, 0.15) is 97.6 Å². The monoisotopic (exact) mass is 1090 g/mol. The van der Waals surface area contributed by atoms with Crippen molar-refractivity contribution in [2.45, 2.75) is 106 Å². The Balaban J connectivity index is 0.000000242. The first-order valence-electron chi connectivity index (χ1n) is 23.9. The Morgan fingerprint density at radius 3 is 1.28 bits per heavy atom. The molecule has 2 aliphatic rings. The van der Waals surface area contributed by atoms with Gasteiger partial charge in [-0.3, -0.25) is 0 Å². The van der Waals surface area contributed by atoms with Crippen LogP contribution in [0.3, 0.4) is 0 Å². The van der Waals surface area contributed by atoms with Crippen LogP contribution < -0.4 is 31.8 Å². The maximum absolute atomic E-state index is 13.7. The topological polar surface area (TPSA) is 60.2 Å². The zero-order chi connectivity index (χ0) is 53.5. The number of rotatable bonds is 9. The molecule has 2 heterocycles.